The van der Waals surface area contributed by atoms with Crippen LogP contribution in [0.15, 0.2) is 77.9 Å². The van der Waals surface area contributed by atoms with Crippen molar-refractivity contribution in [3.8, 4) is 5.75 Å². The van der Waals surface area contributed by atoms with E-state index in [4.69, 9.17) is 4.74 Å². The molecule has 0 heterocycles. The first kappa shape index (κ1) is 18.6. The quantitative estimate of drug-likeness (QED) is 0.457. The molecule has 0 fully saturated rings. The van der Waals surface area contributed by atoms with Gasteiger partial charge in [-0.1, -0.05) is 74.0 Å². The number of nitrogens with one attached hydrogen (secondary N) is 1. The molecule has 27 heavy (non-hydrogen) atoms. The lowest BCUT2D eigenvalue weighted by atomic mass is 10.1. The number of carbonyl (C=O) groups is 1. The van der Waals surface area contributed by atoms with E-state index in [-0.39, 0.29) is 12.5 Å². The smallest absolute Gasteiger partial charge is 0.277 e. The summed E-state index contributed by atoms with van der Waals surface area (Å²) in [6, 6.07) is 23.8. The van der Waals surface area contributed by atoms with Crippen LogP contribution in [0, 0.1) is 0 Å². The molecule has 1 N–H and O–H groups in total. The van der Waals surface area contributed by atoms with E-state index >= 15 is 0 Å². The molecule has 1 amide bonds. The Balaban J connectivity index is 1.60. The van der Waals surface area contributed by atoms with Gasteiger partial charge in [-0.3, -0.25) is 4.79 Å². The Morgan fingerprint density at radius 2 is 1.70 bits per heavy atom. The average molecular weight is 360 g/mol. The molecule has 0 unspecified atom stereocenters. The highest BCUT2D eigenvalue weighted by molar-refractivity contribution is 6.01. The monoisotopic (exact) mass is 360 g/mol. The number of hydrogen-bond donors (Lipinski definition) is 1. The van der Waals surface area contributed by atoms with Crippen LogP contribution >= 0.6 is 0 Å². The summed E-state index contributed by atoms with van der Waals surface area (Å²) in [5, 5.41) is 6.55. The van der Waals surface area contributed by atoms with Crippen molar-refractivity contribution in [2.24, 2.45) is 5.10 Å². The van der Waals surface area contributed by atoms with Gasteiger partial charge in [-0.25, -0.2) is 5.43 Å². The first-order valence-electron chi connectivity index (χ1n) is 9.28. The molecular formula is C23H24N2O2. The number of carbonyl (C=O) groups excluding carboxylic acids is 1. The van der Waals surface area contributed by atoms with E-state index in [0.29, 0.717) is 5.75 Å². The van der Waals surface area contributed by atoms with Crippen LogP contribution in [0.4, 0.5) is 0 Å². The Bertz CT molecular complexity index is 920. The molecule has 0 aliphatic carbocycles. The molecule has 3 aromatic carbocycles. The maximum absolute atomic E-state index is 12.1. The molecule has 3 rings (SSSR count). The van der Waals surface area contributed by atoms with Crippen LogP contribution in [0.1, 0.15) is 31.7 Å². The predicted octanol–water partition coefficient (Wildman–Crippen LogP) is 4.93. The second kappa shape index (κ2) is 9.53. The Morgan fingerprint density at radius 3 is 2.48 bits per heavy atom. The highest BCUT2D eigenvalue weighted by Crippen LogP contribution is 2.20. The first-order valence-corrected chi connectivity index (χ1v) is 9.28. The third-order valence-corrected chi connectivity index (χ3v) is 4.28. The van der Waals surface area contributed by atoms with Crippen molar-refractivity contribution in [1.82, 2.24) is 5.43 Å². The van der Waals surface area contributed by atoms with E-state index in [1.54, 1.807) is 0 Å². The van der Waals surface area contributed by atoms with Gasteiger partial charge in [0.05, 0.1) is 5.71 Å². The van der Waals surface area contributed by atoms with Crippen LogP contribution in [0.2, 0.25) is 0 Å². The third kappa shape index (κ3) is 5.42. The topological polar surface area (TPSA) is 50.7 Å². The van der Waals surface area contributed by atoms with Gasteiger partial charge in [0, 0.05) is 0 Å². The number of amides is 1. The molecule has 4 nitrogen and oxygen atoms in total. The van der Waals surface area contributed by atoms with Gasteiger partial charge in [-0.15, -0.1) is 0 Å². The molecule has 0 aliphatic heterocycles. The van der Waals surface area contributed by atoms with Crippen molar-refractivity contribution in [3.63, 3.8) is 0 Å². The van der Waals surface area contributed by atoms with Gasteiger partial charge in [-0.05, 0) is 41.3 Å². The summed E-state index contributed by atoms with van der Waals surface area (Å²) in [6.45, 7) is 2.07. The molecule has 3 aromatic rings. The zero-order valence-electron chi connectivity index (χ0n) is 15.5. The van der Waals surface area contributed by atoms with Gasteiger partial charge < -0.3 is 4.74 Å². The molecule has 0 aliphatic rings. The van der Waals surface area contributed by atoms with Gasteiger partial charge in [0.2, 0.25) is 0 Å². The lowest BCUT2D eigenvalue weighted by molar-refractivity contribution is -0.123. The Morgan fingerprint density at radius 1 is 0.963 bits per heavy atom. The summed E-state index contributed by atoms with van der Waals surface area (Å²) in [5.41, 5.74) is 4.54. The lowest BCUT2D eigenvalue weighted by Crippen LogP contribution is -2.26. The zero-order valence-corrected chi connectivity index (χ0v) is 15.5. The number of rotatable bonds is 8. The van der Waals surface area contributed by atoms with Crippen molar-refractivity contribution in [2.75, 3.05) is 6.61 Å². The normalized spacial score (nSPS) is 11.4. The average Bonchev–Trinajstić information content (AvgIpc) is 2.73. The van der Waals surface area contributed by atoms with Gasteiger partial charge in [0.25, 0.3) is 5.91 Å². The van der Waals surface area contributed by atoms with E-state index < -0.39 is 0 Å². The molecule has 0 spiro atoms. The van der Waals surface area contributed by atoms with Crippen molar-refractivity contribution in [3.05, 3.63) is 78.4 Å². The molecule has 4 heteroatoms. The SMILES string of the molecule is CCCCC(=NNC(=O)COc1ccc2ccccc2c1)c1ccccc1. The van der Waals surface area contributed by atoms with Gasteiger partial charge in [0.1, 0.15) is 5.75 Å². The number of fused-ring (bicyclic) bond motifs is 1. The number of unbranched alkanes of at least 4 members (excludes halogenated alkanes) is 1. The summed E-state index contributed by atoms with van der Waals surface area (Å²) in [6.07, 6.45) is 2.92. The summed E-state index contributed by atoms with van der Waals surface area (Å²) in [7, 11) is 0. The number of nitrogens with zero attached hydrogens (tertiary/aromatic N) is 1. The van der Waals surface area contributed by atoms with Crippen molar-refractivity contribution in [2.45, 2.75) is 26.2 Å². The van der Waals surface area contributed by atoms with E-state index in [0.717, 1.165) is 41.3 Å². The molecule has 0 atom stereocenters. The van der Waals surface area contributed by atoms with Gasteiger partial charge in [0.15, 0.2) is 6.61 Å². The molecule has 0 saturated heterocycles. The zero-order chi connectivity index (χ0) is 18.9. The maximum Gasteiger partial charge on any atom is 0.277 e. The molecule has 0 bridgehead atoms. The van der Waals surface area contributed by atoms with Crippen LogP contribution in [-0.4, -0.2) is 18.2 Å². The van der Waals surface area contributed by atoms with Crippen LogP contribution in [0.5, 0.6) is 5.75 Å². The first-order chi connectivity index (χ1) is 13.3. The summed E-state index contributed by atoms with van der Waals surface area (Å²) < 4.78 is 5.61. The number of hydrogen-bond acceptors (Lipinski definition) is 3. The number of hydrazone groups is 1. The minimum absolute atomic E-state index is 0.0717. The fourth-order valence-electron chi connectivity index (χ4n) is 2.81. The highest BCUT2D eigenvalue weighted by atomic mass is 16.5. The highest BCUT2D eigenvalue weighted by Gasteiger charge is 2.06. The van der Waals surface area contributed by atoms with Crippen LogP contribution < -0.4 is 10.2 Å². The summed E-state index contributed by atoms with van der Waals surface area (Å²) >= 11 is 0. The predicted molar refractivity (Wildman–Crippen MR) is 110 cm³/mol. The van der Waals surface area contributed by atoms with Gasteiger partial charge >= 0.3 is 0 Å². The molecular weight excluding hydrogens is 336 g/mol. The minimum atomic E-state index is -0.270. The molecule has 0 aromatic heterocycles. The molecule has 0 saturated carbocycles. The molecule has 138 valence electrons. The van der Waals surface area contributed by atoms with E-state index in [1.807, 2.05) is 72.8 Å². The summed E-state index contributed by atoms with van der Waals surface area (Å²) in [4.78, 5) is 12.1. The summed E-state index contributed by atoms with van der Waals surface area (Å²) in [5.74, 6) is 0.398. The Kier molecular flexibility index (Phi) is 6.58. The van der Waals surface area contributed by atoms with Crippen molar-refractivity contribution >= 4 is 22.4 Å². The fraction of sp³-hybridized carbons (Fsp3) is 0.217. The van der Waals surface area contributed by atoms with Crippen molar-refractivity contribution < 1.29 is 9.53 Å². The standard InChI is InChI=1S/C23H24N2O2/c1-2-3-13-22(19-10-5-4-6-11-19)24-25-23(26)17-27-21-15-14-18-9-7-8-12-20(18)16-21/h4-12,14-16H,2-3,13,17H2,1H3,(H,25,26). The Hall–Kier alpha value is -3.14. The maximum atomic E-state index is 12.1. The van der Waals surface area contributed by atoms with E-state index in [1.165, 1.54) is 0 Å². The van der Waals surface area contributed by atoms with Crippen molar-refractivity contribution in [1.29, 1.82) is 0 Å². The fourth-order valence-corrected chi connectivity index (χ4v) is 2.81. The van der Waals surface area contributed by atoms with E-state index in [9.17, 15) is 4.79 Å². The lowest BCUT2D eigenvalue weighted by Gasteiger charge is -2.09. The molecule has 0 radical (unpaired) electrons. The van der Waals surface area contributed by atoms with Crippen LogP contribution in [0.25, 0.3) is 10.8 Å². The second-order valence-corrected chi connectivity index (χ2v) is 6.36. The number of ether oxygens (including phenoxy) is 1. The second-order valence-electron chi connectivity index (χ2n) is 6.36. The third-order valence-electron chi connectivity index (χ3n) is 4.28. The van der Waals surface area contributed by atoms with Crippen LogP contribution in [-0.2, 0) is 4.79 Å². The minimum Gasteiger partial charge on any atom is -0.484 e. The van der Waals surface area contributed by atoms with Crippen LogP contribution in [0.3, 0.4) is 0 Å². The Labute approximate surface area is 159 Å². The van der Waals surface area contributed by atoms with Gasteiger partial charge in [-0.2, -0.15) is 5.10 Å². The largest absolute Gasteiger partial charge is 0.484 e. The number of benzene rings is 3. The van der Waals surface area contributed by atoms with E-state index in [2.05, 4.69) is 17.5 Å².